The number of amidine groups is 1. The second-order valence-corrected chi connectivity index (χ2v) is 3.06. The molecule has 5 N–H and O–H groups in total. The van der Waals surface area contributed by atoms with Gasteiger partial charge in [-0.15, -0.1) is 0 Å². The number of nitrogens with one attached hydrogen (secondary N) is 2. The van der Waals surface area contributed by atoms with Crippen molar-refractivity contribution in [3.8, 4) is 11.8 Å². The summed E-state index contributed by atoms with van der Waals surface area (Å²) in [5.74, 6) is -0.847. The van der Waals surface area contributed by atoms with Gasteiger partial charge in [-0.2, -0.15) is 10.4 Å². The number of aromatic hydroxyl groups is 1. The molecule has 1 aromatic rings. The van der Waals surface area contributed by atoms with Crippen LogP contribution in [-0.4, -0.2) is 21.6 Å². The number of benzene rings is 1. The van der Waals surface area contributed by atoms with Crippen LogP contribution in [0.1, 0.15) is 0 Å². The van der Waals surface area contributed by atoms with E-state index < -0.39 is 16.5 Å². The van der Waals surface area contributed by atoms with Crippen molar-refractivity contribution >= 4 is 22.9 Å². The van der Waals surface area contributed by atoms with E-state index in [1.807, 2.05) is 0 Å². The van der Waals surface area contributed by atoms with E-state index in [2.05, 4.69) is 10.5 Å². The maximum Gasteiger partial charge on any atom is 0.271 e. The van der Waals surface area contributed by atoms with Crippen molar-refractivity contribution < 1.29 is 10.0 Å². The number of nitrogens with zero attached hydrogens (tertiary/aromatic N) is 3. The Morgan fingerprint density at radius 1 is 1.67 bits per heavy atom. The van der Waals surface area contributed by atoms with Crippen LogP contribution in [0.5, 0.6) is 5.75 Å². The van der Waals surface area contributed by atoms with Gasteiger partial charge in [0.05, 0.1) is 4.92 Å². The first-order chi connectivity index (χ1) is 8.45. The standard InChI is InChI=1S/C9H8N6O3/c10-4-7(9(11)12)14-13-6-3-5(15(17)18)1-2-8(6)16/h1-3,13,16H,(H3,11,12)/b14-7+. The van der Waals surface area contributed by atoms with Crippen LogP contribution >= 0.6 is 0 Å². The highest BCUT2D eigenvalue weighted by molar-refractivity contribution is 6.45. The summed E-state index contributed by atoms with van der Waals surface area (Å²) >= 11 is 0. The maximum atomic E-state index is 10.5. The second-order valence-electron chi connectivity index (χ2n) is 3.06. The number of nitriles is 1. The molecule has 0 aromatic heterocycles. The van der Waals surface area contributed by atoms with Crippen LogP contribution in [0.2, 0.25) is 0 Å². The summed E-state index contributed by atoms with van der Waals surface area (Å²) in [5.41, 5.74) is 6.55. The molecule has 1 rings (SSSR count). The lowest BCUT2D eigenvalue weighted by atomic mass is 10.2. The number of nitrogens with two attached hydrogens (primary N) is 1. The van der Waals surface area contributed by atoms with Gasteiger partial charge in [0, 0.05) is 12.1 Å². The predicted octanol–water partition coefficient (Wildman–Crippen LogP) is 0.528. The third-order valence-corrected chi connectivity index (χ3v) is 1.84. The van der Waals surface area contributed by atoms with E-state index in [0.29, 0.717) is 0 Å². The first kappa shape index (κ1) is 12.9. The van der Waals surface area contributed by atoms with Crippen molar-refractivity contribution in [2.45, 2.75) is 0 Å². The van der Waals surface area contributed by atoms with Gasteiger partial charge in [-0.05, 0) is 6.07 Å². The molecule has 0 saturated carbocycles. The van der Waals surface area contributed by atoms with E-state index in [-0.39, 0.29) is 17.1 Å². The minimum atomic E-state index is -0.648. The van der Waals surface area contributed by atoms with E-state index >= 15 is 0 Å². The Kier molecular flexibility index (Phi) is 3.78. The Bertz CT molecular complexity index is 574. The molecule has 9 heteroatoms. The quantitative estimate of drug-likeness (QED) is 0.199. The smallest absolute Gasteiger partial charge is 0.271 e. The van der Waals surface area contributed by atoms with Crippen LogP contribution in [0.4, 0.5) is 11.4 Å². The number of hydrogen-bond acceptors (Lipinski definition) is 7. The highest BCUT2D eigenvalue weighted by Crippen LogP contribution is 2.27. The van der Waals surface area contributed by atoms with Gasteiger partial charge in [-0.25, -0.2) is 0 Å². The highest BCUT2D eigenvalue weighted by Gasteiger charge is 2.10. The molecule has 18 heavy (non-hydrogen) atoms. The number of phenols is 1. The molecule has 9 nitrogen and oxygen atoms in total. The fraction of sp³-hybridized carbons (Fsp3) is 0. The molecule has 0 bridgehead atoms. The summed E-state index contributed by atoms with van der Waals surface area (Å²) in [6.07, 6.45) is 0. The van der Waals surface area contributed by atoms with Crippen LogP contribution < -0.4 is 11.2 Å². The Hall–Kier alpha value is -3.15. The molecule has 0 saturated heterocycles. The molecule has 0 radical (unpaired) electrons. The number of hydrogen-bond donors (Lipinski definition) is 4. The van der Waals surface area contributed by atoms with Crippen LogP contribution in [0.15, 0.2) is 23.3 Å². The molecule has 1 aromatic carbocycles. The summed E-state index contributed by atoms with van der Waals surface area (Å²) in [7, 11) is 0. The predicted molar refractivity (Wildman–Crippen MR) is 63.3 cm³/mol. The lowest BCUT2D eigenvalue weighted by molar-refractivity contribution is -0.384. The molecule has 0 unspecified atom stereocenters. The van der Waals surface area contributed by atoms with Crippen molar-refractivity contribution in [3.63, 3.8) is 0 Å². The van der Waals surface area contributed by atoms with Gasteiger partial charge >= 0.3 is 0 Å². The first-order valence-electron chi connectivity index (χ1n) is 4.51. The van der Waals surface area contributed by atoms with Crippen molar-refractivity contribution in [3.05, 3.63) is 28.3 Å². The normalized spacial score (nSPS) is 10.5. The lowest BCUT2D eigenvalue weighted by Gasteiger charge is -2.03. The molecule has 92 valence electrons. The van der Waals surface area contributed by atoms with Crippen LogP contribution in [0.25, 0.3) is 0 Å². The number of nitro groups is 1. The number of hydrazone groups is 1. The van der Waals surface area contributed by atoms with Gasteiger partial charge < -0.3 is 10.8 Å². The monoisotopic (exact) mass is 248 g/mol. The van der Waals surface area contributed by atoms with Crippen molar-refractivity contribution in [2.24, 2.45) is 10.8 Å². The summed E-state index contributed by atoms with van der Waals surface area (Å²) in [5, 5.41) is 39.0. The molecule has 0 heterocycles. The Labute approximate surface area is 101 Å². The van der Waals surface area contributed by atoms with Crippen LogP contribution in [-0.2, 0) is 0 Å². The molecule has 0 fully saturated rings. The Morgan fingerprint density at radius 2 is 2.33 bits per heavy atom. The summed E-state index contributed by atoms with van der Waals surface area (Å²) < 4.78 is 0. The van der Waals surface area contributed by atoms with Crippen LogP contribution in [0, 0.1) is 26.9 Å². The first-order valence-corrected chi connectivity index (χ1v) is 4.51. The van der Waals surface area contributed by atoms with E-state index in [4.69, 9.17) is 16.4 Å². The topological polar surface area (TPSA) is 161 Å². The fourth-order valence-electron chi connectivity index (χ4n) is 0.989. The van der Waals surface area contributed by atoms with Gasteiger partial charge in [-0.3, -0.25) is 20.9 Å². The third kappa shape index (κ3) is 2.92. The van der Waals surface area contributed by atoms with Gasteiger partial charge in [0.15, 0.2) is 5.84 Å². The second kappa shape index (κ2) is 5.26. The van der Waals surface area contributed by atoms with Crippen LogP contribution in [0.3, 0.4) is 0 Å². The fourth-order valence-corrected chi connectivity index (χ4v) is 0.989. The number of nitro benzene ring substituents is 1. The van der Waals surface area contributed by atoms with Gasteiger partial charge in [0.1, 0.15) is 17.5 Å². The minimum Gasteiger partial charge on any atom is -0.506 e. The number of anilines is 1. The Morgan fingerprint density at radius 3 is 2.83 bits per heavy atom. The largest absolute Gasteiger partial charge is 0.506 e. The molecule has 0 amide bonds. The summed E-state index contributed by atoms with van der Waals surface area (Å²) in [4.78, 5) is 9.87. The molecule has 0 atom stereocenters. The van der Waals surface area contributed by atoms with Gasteiger partial charge in [-0.1, -0.05) is 0 Å². The number of rotatable bonds is 4. The van der Waals surface area contributed by atoms with Crippen molar-refractivity contribution in [2.75, 3.05) is 5.43 Å². The molecular weight excluding hydrogens is 240 g/mol. The average Bonchev–Trinajstić information content (AvgIpc) is 2.31. The highest BCUT2D eigenvalue weighted by atomic mass is 16.6. The van der Waals surface area contributed by atoms with E-state index in [1.54, 1.807) is 6.07 Å². The molecule has 0 aliphatic heterocycles. The average molecular weight is 248 g/mol. The molecule has 0 spiro atoms. The zero-order chi connectivity index (χ0) is 13.7. The van der Waals surface area contributed by atoms with Crippen molar-refractivity contribution in [1.29, 1.82) is 10.7 Å². The SMILES string of the molecule is N#C/C(=N\Nc1cc([N+](=O)[O-])ccc1O)C(=N)N. The number of phenolic OH excluding ortho intramolecular Hbond substituents is 1. The van der Waals surface area contributed by atoms with Gasteiger partial charge in [0.2, 0.25) is 5.71 Å². The van der Waals surface area contributed by atoms with E-state index in [1.165, 1.54) is 0 Å². The lowest BCUT2D eigenvalue weighted by Crippen LogP contribution is -2.21. The van der Waals surface area contributed by atoms with E-state index in [9.17, 15) is 15.2 Å². The third-order valence-electron chi connectivity index (χ3n) is 1.84. The summed E-state index contributed by atoms with van der Waals surface area (Å²) in [6.45, 7) is 0. The molecule has 0 aliphatic rings. The zero-order valence-electron chi connectivity index (χ0n) is 8.91. The van der Waals surface area contributed by atoms with Crippen molar-refractivity contribution in [1.82, 2.24) is 0 Å². The van der Waals surface area contributed by atoms with Gasteiger partial charge in [0.25, 0.3) is 5.69 Å². The molecular formula is C9H8N6O3. The summed E-state index contributed by atoms with van der Waals surface area (Å²) in [6, 6.07) is 4.81. The van der Waals surface area contributed by atoms with E-state index in [0.717, 1.165) is 18.2 Å². The number of non-ortho nitro benzene ring substituents is 1. The Balaban J connectivity index is 3.05. The molecule has 0 aliphatic carbocycles. The zero-order valence-corrected chi connectivity index (χ0v) is 8.91. The maximum absolute atomic E-state index is 10.5. The minimum absolute atomic E-state index is 0.0711.